The van der Waals surface area contributed by atoms with Crippen molar-refractivity contribution in [3.8, 4) is 5.75 Å². The van der Waals surface area contributed by atoms with Crippen molar-refractivity contribution >= 4 is 47.4 Å². The first-order valence-corrected chi connectivity index (χ1v) is 15.5. The van der Waals surface area contributed by atoms with Gasteiger partial charge >= 0.3 is 5.97 Å². The van der Waals surface area contributed by atoms with Crippen molar-refractivity contribution < 1.29 is 44.1 Å². The number of aliphatic hydroxyl groups is 1. The molecule has 0 aromatic heterocycles. The van der Waals surface area contributed by atoms with Crippen LogP contribution in [0.4, 0.5) is 0 Å². The highest BCUT2D eigenvalue weighted by Gasteiger charge is 2.32. The number of carboxylic acids is 1. The molecule has 1 aromatic carbocycles. The minimum atomic E-state index is -1.64. The van der Waals surface area contributed by atoms with Gasteiger partial charge in [0.25, 0.3) is 0 Å². The summed E-state index contributed by atoms with van der Waals surface area (Å²) in [6.07, 6.45) is -0.184. The van der Waals surface area contributed by atoms with Crippen LogP contribution in [0.25, 0.3) is 0 Å². The van der Waals surface area contributed by atoms with Crippen molar-refractivity contribution in [1.82, 2.24) is 21.3 Å². The summed E-state index contributed by atoms with van der Waals surface area (Å²) in [5.41, 5.74) is 32.7. The number of phenolic OH excluding ortho intramolecular Hbond substituents is 1. The van der Waals surface area contributed by atoms with Gasteiger partial charge in [-0.2, -0.15) is 0 Å². The Kier molecular flexibility index (Phi) is 18.6. The van der Waals surface area contributed by atoms with Crippen molar-refractivity contribution in [3.63, 3.8) is 0 Å². The molecule has 5 amide bonds. The topological polar surface area (TPSA) is 392 Å². The number of nitrogens with one attached hydrogen (secondary N) is 4. The summed E-state index contributed by atoms with van der Waals surface area (Å²) < 4.78 is 0. The fourth-order valence-corrected chi connectivity index (χ4v) is 4.33. The lowest BCUT2D eigenvalue weighted by molar-refractivity contribution is -0.142. The maximum atomic E-state index is 13.6. The highest BCUT2D eigenvalue weighted by molar-refractivity contribution is 5.95. The van der Waals surface area contributed by atoms with Gasteiger partial charge in [-0.05, 0) is 49.8 Å². The van der Waals surface area contributed by atoms with Crippen LogP contribution < -0.4 is 55.7 Å². The van der Waals surface area contributed by atoms with Crippen LogP contribution in [0.5, 0.6) is 5.75 Å². The van der Waals surface area contributed by atoms with E-state index in [0.717, 1.165) is 0 Å². The van der Waals surface area contributed by atoms with Gasteiger partial charge in [-0.25, -0.2) is 4.79 Å². The Morgan fingerprint density at radius 1 is 0.660 bits per heavy atom. The van der Waals surface area contributed by atoms with Gasteiger partial charge in [-0.3, -0.25) is 34.0 Å². The number of amides is 5. The van der Waals surface area contributed by atoms with Crippen LogP contribution in [-0.4, -0.2) is 113 Å². The fraction of sp³-hybridized carbons (Fsp3) is 0.517. The molecule has 0 fully saturated rings. The van der Waals surface area contributed by atoms with Gasteiger partial charge in [0.05, 0.1) is 12.6 Å². The van der Waals surface area contributed by atoms with Crippen molar-refractivity contribution in [1.29, 1.82) is 0 Å². The molecule has 1 aromatic rings. The van der Waals surface area contributed by atoms with E-state index >= 15 is 0 Å². The zero-order valence-electron chi connectivity index (χ0n) is 27.4. The lowest BCUT2D eigenvalue weighted by Gasteiger charge is -2.26. The molecule has 0 unspecified atom stereocenters. The van der Waals surface area contributed by atoms with Gasteiger partial charge in [0, 0.05) is 25.9 Å². The lowest BCUT2D eigenvalue weighted by atomic mass is 10.0. The number of aliphatic carboxylic acids is 1. The van der Waals surface area contributed by atoms with Crippen molar-refractivity contribution in [2.24, 2.45) is 44.4 Å². The van der Waals surface area contributed by atoms with Crippen LogP contribution in [0.2, 0.25) is 0 Å². The third-order valence-corrected chi connectivity index (χ3v) is 7.00. The Labute approximate surface area is 287 Å². The number of benzene rings is 1. The summed E-state index contributed by atoms with van der Waals surface area (Å²) >= 11 is 0. The maximum absolute atomic E-state index is 13.6. The van der Waals surface area contributed by atoms with Gasteiger partial charge < -0.3 is 71.0 Å². The number of hydrogen-bond donors (Lipinski definition) is 13. The number of carboxylic acid groups (broad SMARTS) is 1. The molecule has 1 rings (SSSR count). The Bertz CT molecular complexity index is 1370. The minimum Gasteiger partial charge on any atom is -0.508 e. The van der Waals surface area contributed by atoms with Gasteiger partial charge in [0.2, 0.25) is 29.5 Å². The van der Waals surface area contributed by atoms with E-state index in [1.165, 1.54) is 24.3 Å². The third kappa shape index (κ3) is 16.9. The Morgan fingerprint density at radius 2 is 1.12 bits per heavy atom. The quantitative estimate of drug-likeness (QED) is 0.0287. The molecule has 21 heteroatoms. The predicted molar refractivity (Wildman–Crippen MR) is 180 cm³/mol. The summed E-state index contributed by atoms with van der Waals surface area (Å²) in [7, 11) is 0. The van der Waals surface area contributed by atoms with E-state index in [2.05, 4.69) is 31.3 Å². The summed E-state index contributed by atoms with van der Waals surface area (Å²) in [5, 5.41) is 38.7. The molecule has 0 radical (unpaired) electrons. The first-order chi connectivity index (χ1) is 23.5. The number of carbonyl (C=O) groups excluding carboxylic acids is 5. The number of aromatic hydroxyl groups is 1. The van der Waals surface area contributed by atoms with E-state index < -0.39 is 72.3 Å². The molecule has 19 N–H and O–H groups in total. The van der Waals surface area contributed by atoms with Crippen LogP contribution >= 0.6 is 0 Å². The average molecular weight is 709 g/mol. The molecule has 0 aliphatic carbocycles. The molecular formula is C29H48N12O9. The van der Waals surface area contributed by atoms with Crippen LogP contribution in [0.15, 0.2) is 34.3 Å². The summed E-state index contributed by atoms with van der Waals surface area (Å²) in [6, 6.07) is -1.31. The Balaban J connectivity index is 3.23. The number of aliphatic hydroxyl groups excluding tert-OH is 1. The second-order valence-electron chi connectivity index (χ2n) is 11.1. The zero-order chi connectivity index (χ0) is 37.8. The smallest absolute Gasteiger partial charge is 0.326 e. The molecule has 50 heavy (non-hydrogen) atoms. The molecular weight excluding hydrogens is 660 g/mol. The number of aliphatic imine (C=N–C) groups is 2. The van der Waals surface area contributed by atoms with Gasteiger partial charge in [0.1, 0.15) is 29.9 Å². The summed E-state index contributed by atoms with van der Waals surface area (Å²) in [4.78, 5) is 83.3. The molecule has 21 nitrogen and oxygen atoms in total. The van der Waals surface area contributed by atoms with Gasteiger partial charge in [-0.1, -0.05) is 12.1 Å². The minimum absolute atomic E-state index is 0.0220. The molecule has 0 spiro atoms. The third-order valence-electron chi connectivity index (χ3n) is 7.00. The molecule has 0 bridgehead atoms. The first-order valence-electron chi connectivity index (χ1n) is 15.5. The highest BCUT2D eigenvalue weighted by Crippen LogP contribution is 2.12. The summed E-state index contributed by atoms with van der Waals surface area (Å²) in [5.74, 6) is -6.14. The van der Waals surface area contributed by atoms with Crippen LogP contribution in [0, 0.1) is 0 Å². The van der Waals surface area contributed by atoms with E-state index in [-0.39, 0.29) is 75.7 Å². The van der Waals surface area contributed by atoms with Crippen molar-refractivity contribution in [2.45, 2.75) is 75.2 Å². The van der Waals surface area contributed by atoms with Gasteiger partial charge in [0.15, 0.2) is 11.9 Å². The molecule has 5 atom stereocenters. The molecule has 0 aliphatic heterocycles. The second-order valence-corrected chi connectivity index (χ2v) is 11.1. The average Bonchev–Trinajstić information content (AvgIpc) is 3.04. The van der Waals surface area contributed by atoms with Crippen molar-refractivity contribution in [3.05, 3.63) is 29.8 Å². The predicted octanol–water partition coefficient (Wildman–Crippen LogP) is -5.35. The lowest BCUT2D eigenvalue weighted by Crippen LogP contribution is -2.59. The molecule has 0 heterocycles. The summed E-state index contributed by atoms with van der Waals surface area (Å²) in [6.45, 7) is -0.758. The SMILES string of the molecule is NC(=O)CC[C@H](N)C(=O)N[C@@H](CCCN=C(N)N)C(=O)N[C@@H](Cc1ccc(O)cc1)C(=O)N[C@@H](CO)C(=O)N[C@@H](CCCN=C(N)N)C(=O)O. The standard InChI is InChI=1S/C29H48N12O9/c30-17(9-10-22(31)44)23(45)38-18(3-1-11-36-28(32)33)24(46)40-20(13-15-5-7-16(43)8-6-15)25(47)41-21(14-42)26(48)39-19(27(49)50)4-2-12-37-29(34)35/h5-8,17-21,42-43H,1-4,9-14,30H2,(H2,31,44)(H,38,45)(H,39,48)(H,40,46)(H,41,47)(H,49,50)(H4,32,33,36)(H4,34,35,37)/t17-,18-,19-,20-,21-/m0/s1. The molecule has 0 saturated carbocycles. The van der Waals surface area contributed by atoms with Crippen molar-refractivity contribution in [2.75, 3.05) is 19.7 Å². The number of guanidine groups is 2. The van der Waals surface area contributed by atoms with Crippen LogP contribution in [0.1, 0.15) is 44.1 Å². The largest absolute Gasteiger partial charge is 0.508 e. The number of carbonyl (C=O) groups is 6. The second kappa shape index (κ2) is 22.0. The maximum Gasteiger partial charge on any atom is 0.326 e. The van der Waals surface area contributed by atoms with Crippen LogP contribution in [0.3, 0.4) is 0 Å². The molecule has 278 valence electrons. The van der Waals surface area contributed by atoms with Crippen LogP contribution in [-0.2, 0) is 35.2 Å². The number of rotatable bonds is 23. The Morgan fingerprint density at radius 3 is 1.62 bits per heavy atom. The normalized spacial score (nSPS) is 13.6. The van der Waals surface area contributed by atoms with E-state index in [9.17, 15) is 44.1 Å². The number of nitrogens with zero attached hydrogens (tertiary/aromatic N) is 2. The zero-order valence-corrected chi connectivity index (χ0v) is 27.4. The van der Waals surface area contributed by atoms with E-state index in [0.29, 0.717) is 5.56 Å². The van der Waals surface area contributed by atoms with E-state index in [4.69, 9.17) is 34.4 Å². The van der Waals surface area contributed by atoms with E-state index in [1.54, 1.807) is 0 Å². The highest BCUT2D eigenvalue weighted by atomic mass is 16.4. The fourth-order valence-electron chi connectivity index (χ4n) is 4.33. The first kappa shape index (κ1) is 42.3. The van der Waals surface area contributed by atoms with Gasteiger partial charge in [-0.15, -0.1) is 0 Å². The number of phenols is 1. The monoisotopic (exact) mass is 708 g/mol. The molecule has 0 aliphatic rings. The Hall–Kier alpha value is -5.70. The number of primary amides is 1. The number of hydrogen-bond acceptors (Lipinski definition) is 11. The molecule has 0 saturated heterocycles. The van der Waals surface area contributed by atoms with E-state index in [1.807, 2.05) is 0 Å². The number of nitrogens with two attached hydrogens (primary N) is 6.